The van der Waals surface area contributed by atoms with Crippen LogP contribution >= 0.6 is 11.3 Å². The predicted molar refractivity (Wildman–Crippen MR) is 61.5 cm³/mol. The third-order valence-corrected chi connectivity index (χ3v) is 3.09. The van der Waals surface area contributed by atoms with E-state index in [0.29, 0.717) is 0 Å². The second kappa shape index (κ2) is 4.94. The van der Waals surface area contributed by atoms with Crippen LogP contribution in [-0.2, 0) is 9.59 Å². The van der Waals surface area contributed by atoms with Gasteiger partial charge in [0.1, 0.15) is 0 Å². The molecule has 1 unspecified atom stereocenters. The molecule has 0 aliphatic rings. The van der Waals surface area contributed by atoms with Crippen LogP contribution in [0.1, 0.15) is 16.7 Å². The Morgan fingerprint density at radius 2 is 2.00 bits per heavy atom. The first-order chi connectivity index (χ1) is 7.41. The van der Waals surface area contributed by atoms with Crippen LogP contribution in [0.4, 0.5) is 0 Å². The average molecular weight is 240 g/mol. The van der Waals surface area contributed by atoms with Gasteiger partial charge in [0.25, 0.3) is 0 Å². The molecule has 0 fully saturated rings. The van der Waals surface area contributed by atoms with Crippen LogP contribution in [0.5, 0.6) is 0 Å². The number of carbonyl (C=O) groups is 2. The van der Waals surface area contributed by atoms with E-state index in [4.69, 9.17) is 10.2 Å². The molecule has 0 aliphatic heterocycles. The molecule has 0 radical (unpaired) electrons. The molecule has 2 N–H and O–H groups in total. The summed E-state index contributed by atoms with van der Waals surface area (Å²) in [6.45, 7) is 3.27. The Labute approximate surface area is 96.8 Å². The first-order valence-corrected chi connectivity index (χ1v) is 5.47. The Balaban J connectivity index is 3.07. The first kappa shape index (κ1) is 12.4. The molecule has 4 nitrogen and oxygen atoms in total. The van der Waals surface area contributed by atoms with Crippen molar-refractivity contribution in [3.8, 4) is 0 Å². The van der Waals surface area contributed by atoms with Crippen molar-refractivity contribution in [1.29, 1.82) is 0 Å². The number of hydrogen-bond donors (Lipinski definition) is 2. The van der Waals surface area contributed by atoms with Gasteiger partial charge in [0, 0.05) is 9.75 Å². The van der Waals surface area contributed by atoms with Gasteiger partial charge >= 0.3 is 11.9 Å². The molecule has 1 atom stereocenters. The Morgan fingerprint density at radius 3 is 2.38 bits per heavy atom. The number of aryl methyl sites for hydroxylation is 1. The van der Waals surface area contributed by atoms with Crippen LogP contribution in [0, 0.1) is 12.8 Å². The summed E-state index contributed by atoms with van der Waals surface area (Å²) < 4.78 is 0. The molecule has 0 aliphatic carbocycles. The molecule has 16 heavy (non-hydrogen) atoms. The molecular weight excluding hydrogens is 228 g/mol. The van der Waals surface area contributed by atoms with Crippen LogP contribution in [0.2, 0.25) is 0 Å². The van der Waals surface area contributed by atoms with Gasteiger partial charge < -0.3 is 10.2 Å². The third kappa shape index (κ3) is 2.93. The number of rotatable bonds is 4. The van der Waals surface area contributed by atoms with Gasteiger partial charge in [-0.25, -0.2) is 4.79 Å². The molecule has 0 aromatic carbocycles. The number of thiophene rings is 1. The lowest BCUT2D eigenvalue weighted by Gasteiger charge is -2.06. The van der Waals surface area contributed by atoms with Crippen LogP contribution in [0.25, 0.3) is 6.08 Å². The lowest BCUT2D eigenvalue weighted by atomic mass is 10.0. The van der Waals surface area contributed by atoms with E-state index in [0.717, 1.165) is 9.75 Å². The van der Waals surface area contributed by atoms with E-state index in [1.165, 1.54) is 24.3 Å². The zero-order chi connectivity index (χ0) is 12.3. The van der Waals surface area contributed by atoms with E-state index < -0.39 is 17.9 Å². The smallest absolute Gasteiger partial charge is 0.332 e. The molecule has 1 aromatic rings. The standard InChI is InChI=1S/C11H12O4S/c1-6-3-4-8(16-6)5-9(11(14)15)7(2)10(12)13/h3-5,7H,1-2H3,(H,12,13)(H,14,15)/b9-5+. The number of carboxylic acid groups (broad SMARTS) is 2. The van der Waals surface area contributed by atoms with E-state index >= 15 is 0 Å². The molecule has 1 rings (SSSR count). The highest BCUT2D eigenvalue weighted by molar-refractivity contribution is 7.12. The number of aliphatic carboxylic acids is 2. The van der Waals surface area contributed by atoms with Gasteiger partial charge in [0.05, 0.1) is 11.5 Å². The Bertz CT molecular complexity index is 445. The van der Waals surface area contributed by atoms with Gasteiger partial charge in [-0.1, -0.05) is 0 Å². The van der Waals surface area contributed by atoms with Gasteiger partial charge in [0.2, 0.25) is 0 Å². The second-order valence-corrected chi connectivity index (χ2v) is 4.73. The van der Waals surface area contributed by atoms with Gasteiger partial charge in [0.15, 0.2) is 0 Å². The highest BCUT2D eigenvalue weighted by Crippen LogP contribution is 2.21. The van der Waals surface area contributed by atoms with Crippen molar-refractivity contribution in [3.05, 3.63) is 27.5 Å². The van der Waals surface area contributed by atoms with E-state index in [1.807, 2.05) is 13.0 Å². The van der Waals surface area contributed by atoms with Crippen molar-refractivity contribution in [2.75, 3.05) is 0 Å². The molecule has 0 amide bonds. The molecule has 0 saturated heterocycles. The summed E-state index contributed by atoms with van der Waals surface area (Å²) in [6, 6.07) is 3.64. The highest BCUT2D eigenvalue weighted by atomic mass is 32.1. The highest BCUT2D eigenvalue weighted by Gasteiger charge is 2.22. The van der Waals surface area contributed by atoms with Gasteiger partial charge in [-0.15, -0.1) is 11.3 Å². The maximum absolute atomic E-state index is 10.9. The van der Waals surface area contributed by atoms with Crippen molar-refractivity contribution < 1.29 is 19.8 Å². The fourth-order valence-corrected chi connectivity index (χ4v) is 2.02. The summed E-state index contributed by atoms with van der Waals surface area (Å²) in [5.74, 6) is -3.34. The minimum Gasteiger partial charge on any atom is -0.481 e. The lowest BCUT2D eigenvalue weighted by molar-refractivity contribution is -0.143. The average Bonchev–Trinajstić information content (AvgIpc) is 2.59. The normalized spacial score (nSPS) is 13.5. The minimum absolute atomic E-state index is 0.102. The topological polar surface area (TPSA) is 74.6 Å². The Morgan fingerprint density at radius 1 is 1.38 bits per heavy atom. The van der Waals surface area contributed by atoms with Gasteiger partial charge in [-0.05, 0) is 32.1 Å². The summed E-state index contributed by atoms with van der Waals surface area (Å²) in [5, 5.41) is 17.7. The third-order valence-electron chi connectivity index (χ3n) is 2.14. The second-order valence-electron chi connectivity index (χ2n) is 3.41. The predicted octanol–water partition coefficient (Wildman–Crippen LogP) is 2.25. The molecule has 1 heterocycles. The summed E-state index contributed by atoms with van der Waals surface area (Å²) in [7, 11) is 0. The fraction of sp³-hybridized carbons (Fsp3) is 0.273. The fourth-order valence-electron chi connectivity index (χ4n) is 1.19. The maximum atomic E-state index is 10.9. The van der Waals surface area contributed by atoms with Crippen molar-refractivity contribution in [2.45, 2.75) is 13.8 Å². The number of hydrogen-bond acceptors (Lipinski definition) is 3. The van der Waals surface area contributed by atoms with Crippen LogP contribution < -0.4 is 0 Å². The quantitative estimate of drug-likeness (QED) is 0.791. The van der Waals surface area contributed by atoms with Crippen LogP contribution in [0.3, 0.4) is 0 Å². The summed E-state index contributed by atoms with van der Waals surface area (Å²) in [6.07, 6.45) is 1.42. The van der Waals surface area contributed by atoms with Crippen molar-refractivity contribution in [3.63, 3.8) is 0 Å². The minimum atomic E-state index is -1.19. The maximum Gasteiger partial charge on any atom is 0.332 e. The van der Waals surface area contributed by atoms with Crippen molar-refractivity contribution >= 4 is 29.4 Å². The molecule has 1 aromatic heterocycles. The molecular formula is C11H12O4S. The van der Waals surface area contributed by atoms with E-state index in [1.54, 1.807) is 6.07 Å². The molecule has 0 spiro atoms. The number of carboxylic acids is 2. The summed E-state index contributed by atoms with van der Waals surface area (Å²) >= 11 is 1.43. The van der Waals surface area contributed by atoms with Crippen LogP contribution in [0.15, 0.2) is 17.7 Å². The summed E-state index contributed by atoms with van der Waals surface area (Å²) in [5.41, 5.74) is -0.102. The van der Waals surface area contributed by atoms with Crippen molar-refractivity contribution in [1.82, 2.24) is 0 Å². The largest absolute Gasteiger partial charge is 0.481 e. The zero-order valence-electron chi connectivity index (χ0n) is 8.93. The first-order valence-electron chi connectivity index (χ1n) is 4.66. The molecule has 86 valence electrons. The van der Waals surface area contributed by atoms with Gasteiger partial charge in [-0.3, -0.25) is 4.79 Å². The zero-order valence-corrected chi connectivity index (χ0v) is 9.75. The van der Waals surface area contributed by atoms with E-state index in [2.05, 4.69) is 0 Å². The van der Waals surface area contributed by atoms with Crippen molar-refractivity contribution in [2.24, 2.45) is 5.92 Å². The van der Waals surface area contributed by atoms with Gasteiger partial charge in [-0.2, -0.15) is 0 Å². The lowest BCUT2D eigenvalue weighted by Crippen LogP contribution is -2.18. The molecule has 0 bridgehead atoms. The molecule has 5 heteroatoms. The van der Waals surface area contributed by atoms with E-state index in [9.17, 15) is 9.59 Å². The summed E-state index contributed by atoms with van der Waals surface area (Å²) in [4.78, 5) is 23.5. The van der Waals surface area contributed by atoms with E-state index in [-0.39, 0.29) is 5.57 Å². The Kier molecular flexibility index (Phi) is 3.84. The Hall–Kier alpha value is -1.62. The molecule has 0 saturated carbocycles. The monoisotopic (exact) mass is 240 g/mol. The van der Waals surface area contributed by atoms with Crippen LogP contribution in [-0.4, -0.2) is 22.2 Å². The SMILES string of the molecule is Cc1ccc(/C=C(/C(=O)O)C(C)C(=O)O)s1.